The fourth-order valence-corrected chi connectivity index (χ4v) is 3.71. The van der Waals surface area contributed by atoms with E-state index in [9.17, 15) is 14.4 Å². The molecule has 1 aromatic heterocycles. The molecule has 2 aromatic rings. The van der Waals surface area contributed by atoms with Crippen molar-refractivity contribution in [3.63, 3.8) is 0 Å². The van der Waals surface area contributed by atoms with E-state index in [0.29, 0.717) is 44.5 Å². The molecule has 7 nitrogen and oxygen atoms in total. The van der Waals surface area contributed by atoms with Crippen LogP contribution in [0, 0.1) is 12.8 Å². The molecule has 7 heteroatoms. The first-order valence-corrected chi connectivity index (χ1v) is 9.90. The van der Waals surface area contributed by atoms with Gasteiger partial charge in [0.2, 0.25) is 5.91 Å². The normalized spacial score (nSPS) is 16.9. The van der Waals surface area contributed by atoms with Crippen molar-refractivity contribution in [2.24, 2.45) is 5.92 Å². The second-order valence-corrected chi connectivity index (χ2v) is 7.25. The van der Waals surface area contributed by atoms with Gasteiger partial charge in [-0.1, -0.05) is 12.1 Å². The monoisotopic (exact) mass is 385 g/mol. The number of para-hydroxylation sites is 1. The predicted molar refractivity (Wildman–Crippen MR) is 106 cm³/mol. The van der Waals surface area contributed by atoms with Gasteiger partial charge in [0.05, 0.1) is 29.8 Å². The maximum Gasteiger partial charge on any atom is 0.310 e. The van der Waals surface area contributed by atoms with Gasteiger partial charge in [0, 0.05) is 26.1 Å². The van der Waals surface area contributed by atoms with Crippen LogP contribution in [0.25, 0.3) is 10.9 Å². The van der Waals surface area contributed by atoms with Crippen LogP contribution in [-0.4, -0.2) is 46.0 Å². The van der Waals surface area contributed by atoms with E-state index in [0.717, 1.165) is 23.9 Å². The summed E-state index contributed by atoms with van der Waals surface area (Å²) in [7, 11) is 0. The molecule has 0 radical (unpaired) electrons. The second kappa shape index (κ2) is 8.99. The lowest BCUT2D eigenvalue weighted by Gasteiger charge is -2.31. The third-order valence-electron chi connectivity index (χ3n) is 5.24. The van der Waals surface area contributed by atoms with Crippen molar-refractivity contribution in [1.29, 1.82) is 0 Å². The van der Waals surface area contributed by atoms with Crippen molar-refractivity contribution in [3.05, 3.63) is 40.4 Å². The van der Waals surface area contributed by atoms with E-state index in [1.807, 2.05) is 19.1 Å². The molecular formula is C21H27N3O4. The van der Waals surface area contributed by atoms with Gasteiger partial charge < -0.3 is 9.64 Å². The quantitative estimate of drug-likeness (QED) is 0.713. The van der Waals surface area contributed by atoms with Crippen LogP contribution in [-0.2, 0) is 20.9 Å². The Labute approximate surface area is 164 Å². The minimum Gasteiger partial charge on any atom is -0.466 e. The summed E-state index contributed by atoms with van der Waals surface area (Å²) in [4.78, 5) is 43.2. The van der Waals surface area contributed by atoms with E-state index in [1.165, 1.54) is 0 Å². The van der Waals surface area contributed by atoms with E-state index in [4.69, 9.17) is 4.74 Å². The number of carbonyl (C=O) groups excluding carboxylic acids is 2. The lowest BCUT2D eigenvalue weighted by atomic mass is 9.98. The van der Waals surface area contributed by atoms with Crippen molar-refractivity contribution in [3.8, 4) is 0 Å². The molecule has 2 heterocycles. The maximum atomic E-state index is 12.6. The molecule has 1 unspecified atom stereocenters. The molecule has 1 aliphatic rings. The minimum atomic E-state index is -0.229. The molecule has 1 aliphatic heterocycles. The third-order valence-corrected chi connectivity index (χ3v) is 5.24. The Morgan fingerprint density at radius 3 is 2.93 bits per heavy atom. The maximum absolute atomic E-state index is 12.6. The van der Waals surface area contributed by atoms with Gasteiger partial charge in [0.1, 0.15) is 0 Å². The van der Waals surface area contributed by atoms with Crippen molar-refractivity contribution >= 4 is 22.8 Å². The number of fused-ring (bicyclic) bond motifs is 1. The van der Waals surface area contributed by atoms with Crippen LogP contribution >= 0.6 is 0 Å². The molecule has 0 spiro atoms. The van der Waals surface area contributed by atoms with Gasteiger partial charge >= 0.3 is 5.97 Å². The lowest BCUT2D eigenvalue weighted by Crippen LogP contribution is -2.42. The summed E-state index contributed by atoms with van der Waals surface area (Å²) in [5, 5.41) is 0.599. The standard InChI is InChI=1S/C21H27N3O4/c1-3-28-21(27)16-8-5-11-23(13-16)18(25)10-6-12-24-14-22-19-15(2)7-4-9-17(19)20(24)26/h4,7,9,14,16H,3,5-6,8,10-13H2,1-2H3. The molecule has 3 rings (SSSR count). The summed E-state index contributed by atoms with van der Waals surface area (Å²) >= 11 is 0. The first-order valence-electron chi connectivity index (χ1n) is 9.90. The SMILES string of the molecule is CCOC(=O)C1CCCN(C(=O)CCCn2cnc3c(C)cccc3c2=O)C1. The Kier molecular flexibility index (Phi) is 6.44. The minimum absolute atomic E-state index is 0.0200. The number of aryl methyl sites for hydroxylation is 2. The predicted octanol–water partition coefficient (Wildman–Crippen LogP) is 2.29. The van der Waals surface area contributed by atoms with E-state index in [1.54, 1.807) is 28.8 Å². The van der Waals surface area contributed by atoms with Crippen LogP contribution < -0.4 is 5.56 Å². The number of benzene rings is 1. The number of ether oxygens (including phenoxy) is 1. The molecule has 1 amide bonds. The molecule has 1 aromatic carbocycles. The third kappa shape index (κ3) is 4.40. The zero-order valence-corrected chi connectivity index (χ0v) is 16.5. The number of amides is 1. The fraction of sp³-hybridized carbons (Fsp3) is 0.524. The molecule has 28 heavy (non-hydrogen) atoms. The zero-order valence-electron chi connectivity index (χ0n) is 16.5. The summed E-state index contributed by atoms with van der Waals surface area (Å²) < 4.78 is 6.65. The van der Waals surface area contributed by atoms with Crippen molar-refractivity contribution < 1.29 is 14.3 Å². The summed E-state index contributed by atoms with van der Waals surface area (Å²) in [6.07, 6.45) is 4.02. The summed E-state index contributed by atoms with van der Waals surface area (Å²) in [6, 6.07) is 5.56. The van der Waals surface area contributed by atoms with Gasteiger partial charge in [-0.3, -0.25) is 19.0 Å². The lowest BCUT2D eigenvalue weighted by molar-refractivity contribution is -0.151. The Morgan fingerprint density at radius 2 is 2.14 bits per heavy atom. The summed E-state index contributed by atoms with van der Waals surface area (Å²) in [6.45, 7) is 5.61. The number of esters is 1. The fourth-order valence-electron chi connectivity index (χ4n) is 3.71. The van der Waals surface area contributed by atoms with Crippen LogP contribution in [0.1, 0.15) is 38.2 Å². The summed E-state index contributed by atoms with van der Waals surface area (Å²) in [5.74, 6) is -0.427. The average Bonchev–Trinajstić information content (AvgIpc) is 2.70. The molecule has 1 fully saturated rings. The molecule has 0 bridgehead atoms. The van der Waals surface area contributed by atoms with Gasteiger partial charge in [0.15, 0.2) is 0 Å². The molecule has 1 saturated heterocycles. The summed E-state index contributed by atoms with van der Waals surface area (Å²) in [5.41, 5.74) is 1.61. The van der Waals surface area contributed by atoms with Crippen molar-refractivity contribution in [1.82, 2.24) is 14.5 Å². The van der Waals surface area contributed by atoms with E-state index in [2.05, 4.69) is 4.98 Å². The first kappa shape index (κ1) is 20.0. The second-order valence-electron chi connectivity index (χ2n) is 7.25. The van der Waals surface area contributed by atoms with Gasteiger partial charge in [-0.25, -0.2) is 4.98 Å². The number of piperidine rings is 1. The van der Waals surface area contributed by atoms with Gasteiger partial charge in [-0.05, 0) is 44.7 Å². The molecule has 1 atom stereocenters. The van der Waals surface area contributed by atoms with Gasteiger partial charge in [0.25, 0.3) is 5.56 Å². The Balaban J connectivity index is 1.57. The van der Waals surface area contributed by atoms with Crippen molar-refractivity contribution in [2.75, 3.05) is 19.7 Å². The molecular weight excluding hydrogens is 358 g/mol. The Morgan fingerprint density at radius 1 is 1.32 bits per heavy atom. The number of aromatic nitrogens is 2. The van der Waals surface area contributed by atoms with Crippen molar-refractivity contribution in [2.45, 2.75) is 46.1 Å². The highest BCUT2D eigenvalue weighted by atomic mass is 16.5. The Hall–Kier alpha value is -2.70. The number of nitrogens with zero attached hydrogens (tertiary/aromatic N) is 3. The van der Waals surface area contributed by atoms with E-state index < -0.39 is 0 Å². The molecule has 0 saturated carbocycles. The molecule has 150 valence electrons. The average molecular weight is 385 g/mol. The highest BCUT2D eigenvalue weighted by Crippen LogP contribution is 2.19. The van der Waals surface area contributed by atoms with Crippen LogP contribution in [0.15, 0.2) is 29.3 Å². The van der Waals surface area contributed by atoms with Crippen LogP contribution in [0.4, 0.5) is 0 Å². The van der Waals surface area contributed by atoms with Gasteiger partial charge in [-0.2, -0.15) is 0 Å². The number of carbonyl (C=O) groups is 2. The highest BCUT2D eigenvalue weighted by Gasteiger charge is 2.28. The van der Waals surface area contributed by atoms with Crippen LogP contribution in [0.5, 0.6) is 0 Å². The van der Waals surface area contributed by atoms with E-state index in [-0.39, 0.29) is 23.4 Å². The van der Waals surface area contributed by atoms with Crippen LogP contribution in [0.3, 0.4) is 0 Å². The number of hydrogen-bond acceptors (Lipinski definition) is 5. The smallest absolute Gasteiger partial charge is 0.310 e. The van der Waals surface area contributed by atoms with E-state index >= 15 is 0 Å². The van der Waals surface area contributed by atoms with Gasteiger partial charge in [-0.15, -0.1) is 0 Å². The number of hydrogen-bond donors (Lipinski definition) is 0. The highest BCUT2D eigenvalue weighted by molar-refractivity contribution is 5.80. The number of rotatable bonds is 6. The largest absolute Gasteiger partial charge is 0.466 e. The molecule has 0 N–H and O–H groups in total. The Bertz CT molecular complexity index is 921. The number of likely N-dealkylation sites (tertiary alicyclic amines) is 1. The molecule has 0 aliphatic carbocycles. The van der Waals surface area contributed by atoms with Crippen LogP contribution in [0.2, 0.25) is 0 Å². The topological polar surface area (TPSA) is 81.5 Å². The zero-order chi connectivity index (χ0) is 20.1. The first-order chi connectivity index (χ1) is 13.5.